The van der Waals surface area contributed by atoms with Gasteiger partial charge in [0.15, 0.2) is 0 Å². The minimum absolute atomic E-state index is 0.0327. The van der Waals surface area contributed by atoms with E-state index in [0.29, 0.717) is 11.8 Å². The Hall–Kier alpha value is -1.06. The van der Waals surface area contributed by atoms with Gasteiger partial charge in [-0.3, -0.25) is 9.59 Å². The topological polar surface area (TPSA) is 49.4 Å². The van der Waals surface area contributed by atoms with E-state index in [1.165, 1.54) is 25.7 Å². The minimum atomic E-state index is -0.297. The first kappa shape index (κ1) is 13.9. The van der Waals surface area contributed by atoms with Crippen LogP contribution >= 0.6 is 0 Å². The monoisotopic (exact) mass is 278 g/mol. The zero-order chi connectivity index (χ0) is 14.3. The lowest BCUT2D eigenvalue weighted by Crippen LogP contribution is -2.63. The number of hydrogen-bond acceptors (Lipinski definition) is 2. The molecule has 0 radical (unpaired) electrons. The van der Waals surface area contributed by atoms with E-state index in [1.54, 1.807) is 0 Å². The van der Waals surface area contributed by atoms with Crippen molar-refractivity contribution in [1.29, 1.82) is 0 Å². The number of amides is 2. The highest BCUT2D eigenvalue weighted by molar-refractivity contribution is 5.97. The third-order valence-electron chi connectivity index (χ3n) is 5.29. The minimum Gasteiger partial charge on any atom is -0.342 e. The van der Waals surface area contributed by atoms with Crippen LogP contribution in [0.3, 0.4) is 0 Å². The highest BCUT2D eigenvalue weighted by Crippen LogP contribution is 2.36. The third-order valence-corrected chi connectivity index (χ3v) is 5.29. The van der Waals surface area contributed by atoms with Crippen molar-refractivity contribution in [3.8, 4) is 0 Å². The maximum Gasteiger partial charge on any atom is 0.246 e. The first-order valence-corrected chi connectivity index (χ1v) is 8.17. The second kappa shape index (κ2) is 5.38. The maximum atomic E-state index is 12.6. The summed E-state index contributed by atoms with van der Waals surface area (Å²) in [5.41, 5.74) is 0. The summed E-state index contributed by atoms with van der Waals surface area (Å²) in [7, 11) is 0. The highest BCUT2D eigenvalue weighted by Gasteiger charge is 2.45. The fourth-order valence-electron chi connectivity index (χ4n) is 3.85. The summed E-state index contributed by atoms with van der Waals surface area (Å²) >= 11 is 0. The van der Waals surface area contributed by atoms with E-state index in [1.807, 2.05) is 11.8 Å². The Bertz CT molecular complexity index is 405. The molecule has 3 rings (SSSR count). The van der Waals surface area contributed by atoms with Gasteiger partial charge in [0.05, 0.1) is 0 Å². The molecule has 1 N–H and O–H groups in total. The average Bonchev–Trinajstić information content (AvgIpc) is 3.23. The quantitative estimate of drug-likeness (QED) is 0.857. The van der Waals surface area contributed by atoms with E-state index in [0.717, 1.165) is 25.3 Å². The number of rotatable bonds is 3. The van der Waals surface area contributed by atoms with E-state index in [4.69, 9.17) is 0 Å². The lowest BCUT2D eigenvalue weighted by atomic mass is 9.82. The Labute approximate surface area is 121 Å². The van der Waals surface area contributed by atoms with Crippen LogP contribution in [-0.2, 0) is 9.59 Å². The SMILES string of the molecule is CC1CCCC(CN2C(=O)C(C3CC3)NC(=O)C2C)C1. The number of carbonyl (C=O) groups is 2. The molecule has 1 aliphatic heterocycles. The van der Waals surface area contributed by atoms with Crippen molar-refractivity contribution in [2.75, 3.05) is 6.54 Å². The summed E-state index contributed by atoms with van der Waals surface area (Å²) in [5.74, 6) is 1.93. The van der Waals surface area contributed by atoms with Gasteiger partial charge >= 0.3 is 0 Å². The molecule has 20 heavy (non-hydrogen) atoms. The van der Waals surface area contributed by atoms with Crippen LogP contribution in [0, 0.1) is 17.8 Å². The van der Waals surface area contributed by atoms with Crippen molar-refractivity contribution in [1.82, 2.24) is 10.2 Å². The number of hydrogen-bond donors (Lipinski definition) is 1. The summed E-state index contributed by atoms with van der Waals surface area (Å²) in [5, 5.41) is 2.92. The largest absolute Gasteiger partial charge is 0.342 e. The first-order valence-electron chi connectivity index (χ1n) is 8.17. The summed E-state index contributed by atoms with van der Waals surface area (Å²) in [6.07, 6.45) is 7.15. The molecule has 3 fully saturated rings. The van der Waals surface area contributed by atoms with Gasteiger partial charge in [0.2, 0.25) is 11.8 Å². The molecule has 112 valence electrons. The van der Waals surface area contributed by atoms with Gasteiger partial charge in [0, 0.05) is 6.54 Å². The Morgan fingerprint density at radius 3 is 2.55 bits per heavy atom. The average molecular weight is 278 g/mol. The zero-order valence-corrected chi connectivity index (χ0v) is 12.6. The van der Waals surface area contributed by atoms with Crippen molar-refractivity contribution in [2.24, 2.45) is 17.8 Å². The van der Waals surface area contributed by atoms with Gasteiger partial charge in [-0.05, 0) is 50.4 Å². The highest BCUT2D eigenvalue weighted by atomic mass is 16.2. The van der Waals surface area contributed by atoms with Gasteiger partial charge in [0.1, 0.15) is 12.1 Å². The molecule has 1 saturated heterocycles. The van der Waals surface area contributed by atoms with Crippen LogP contribution in [-0.4, -0.2) is 35.3 Å². The number of nitrogens with zero attached hydrogens (tertiary/aromatic N) is 1. The zero-order valence-electron chi connectivity index (χ0n) is 12.6. The van der Waals surface area contributed by atoms with Gasteiger partial charge in [-0.25, -0.2) is 0 Å². The molecule has 0 bridgehead atoms. The van der Waals surface area contributed by atoms with E-state index in [9.17, 15) is 9.59 Å². The van der Waals surface area contributed by atoms with E-state index in [-0.39, 0.29) is 23.9 Å². The number of piperazine rings is 1. The van der Waals surface area contributed by atoms with Gasteiger partial charge in [-0.15, -0.1) is 0 Å². The predicted octanol–water partition coefficient (Wildman–Crippen LogP) is 1.94. The molecule has 4 atom stereocenters. The second-order valence-electron chi connectivity index (χ2n) is 7.13. The summed E-state index contributed by atoms with van der Waals surface area (Å²) in [6.45, 7) is 4.94. The fourth-order valence-corrected chi connectivity index (χ4v) is 3.85. The van der Waals surface area contributed by atoms with Crippen molar-refractivity contribution < 1.29 is 9.59 Å². The fraction of sp³-hybridized carbons (Fsp3) is 0.875. The Morgan fingerprint density at radius 1 is 1.15 bits per heavy atom. The molecule has 0 spiro atoms. The van der Waals surface area contributed by atoms with Gasteiger partial charge < -0.3 is 10.2 Å². The Morgan fingerprint density at radius 2 is 1.90 bits per heavy atom. The molecule has 0 aromatic heterocycles. The van der Waals surface area contributed by atoms with Crippen LogP contribution in [0.2, 0.25) is 0 Å². The maximum absolute atomic E-state index is 12.6. The van der Waals surface area contributed by atoms with Crippen molar-refractivity contribution in [3.05, 3.63) is 0 Å². The molecule has 1 heterocycles. The molecule has 4 nitrogen and oxygen atoms in total. The summed E-state index contributed by atoms with van der Waals surface area (Å²) < 4.78 is 0. The summed E-state index contributed by atoms with van der Waals surface area (Å²) in [4.78, 5) is 26.6. The van der Waals surface area contributed by atoms with Gasteiger partial charge in [-0.1, -0.05) is 19.8 Å². The lowest BCUT2D eigenvalue weighted by molar-refractivity contribution is -0.150. The second-order valence-corrected chi connectivity index (χ2v) is 7.13. The number of nitrogens with one attached hydrogen (secondary N) is 1. The molecular weight excluding hydrogens is 252 g/mol. The van der Waals surface area contributed by atoms with E-state index in [2.05, 4.69) is 12.2 Å². The summed E-state index contributed by atoms with van der Waals surface area (Å²) in [6, 6.07) is -0.533. The van der Waals surface area contributed by atoms with Crippen LogP contribution in [0.15, 0.2) is 0 Å². The molecule has 0 aromatic carbocycles. The van der Waals surface area contributed by atoms with Crippen molar-refractivity contribution >= 4 is 11.8 Å². The molecule has 4 heteroatoms. The van der Waals surface area contributed by atoms with Crippen molar-refractivity contribution in [3.63, 3.8) is 0 Å². The molecule has 3 aliphatic rings. The van der Waals surface area contributed by atoms with Gasteiger partial charge in [-0.2, -0.15) is 0 Å². The predicted molar refractivity (Wildman–Crippen MR) is 77.0 cm³/mol. The standard InChI is InChI=1S/C16H26N2O2/c1-10-4-3-5-12(8-10)9-18-11(2)15(19)17-14(16(18)20)13-6-7-13/h10-14H,3-9H2,1-2H3,(H,17,19). The van der Waals surface area contributed by atoms with E-state index >= 15 is 0 Å². The first-order chi connectivity index (χ1) is 9.56. The van der Waals surface area contributed by atoms with Crippen LogP contribution in [0.1, 0.15) is 52.4 Å². The van der Waals surface area contributed by atoms with Crippen LogP contribution in [0.25, 0.3) is 0 Å². The van der Waals surface area contributed by atoms with Crippen molar-refractivity contribution in [2.45, 2.75) is 64.5 Å². The van der Waals surface area contributed by atoms with Crippen LogP contribution in [0.5, 0.6) is 0 Å². The number of carbonyl (C=O) groups excluding carboxylic acids is 2. The third kappa shape index (κ3) is 2.70. The van der Waals surface area contributed by atoms with Crippen LogP contribution < -0.4 is 5.32 Å². The van der Waals surface area contributed by atoms with Gasteiger partial charge in [0.25, 0.3) is 0 Å². The molecular formula is C16H26N2O2. The Kier molecular flexibility index (Phi) is 3.74. The molecule has 4 unspecified atom stereocenters. The van der Waals surface area contributed by atoms with Crippen LogP contribution in [0.4, 0.5) is 0 Å². The molecule has 2 saturated carbocycles. The Balaban J connectivity index is 1.68. The molecule has 0 aromatic rings. The molecule has 2 aliphatic carbocycles. The smallest absolute Gasteiger partial charge is 0.246 e. The lowest BCUT2D eigenvalue weighted by Gasteiger charge is -2.40. The van der Waals surface area contributed by atoms with E-state index < -0.39 is 0 Å². The normalized spacial score (nSPS) is 38.8. The molecule has 2 amide bonds.